The van der Waals surface area contributed by atoms with E-state index in [0.717, 1.165) is 32.1 Å². The fraction of sp³-hybridized carbons (Fsp3) is 0.886. The van der Waals surface area contributed by atoms with Gasteiger partial charge in [0.05, 0.1) is 17.9 Å². The molecule has 0 aliphatic heterocycles. The summed E-state index contributed by atoms with van der Waals surface area (Å²) >= 11 is 0. The topological polar surface area (TPSA) is 124 Å². The molecular formula is C44H85NO6S. The summed E-state index contributed by atoms with van der Waals surface area (Å²) in [5.74, 6) is -1.55. The van der Waals surface area contributed by atoms with Crippen LogP contribution in [0.15, 0.2) is 24.3 Å². The zero-order valence-electron chi connectivity index (χ0n) is 34.1. The van der Waals surface area contributed by atoms with Gasteiger partial charge in [0.25, 0.3) is 10.1 Å². The predicted octanol–water partition coefficient (Wildman–Crippen LogP) is 12.1. The lowest BCUT2D eigenvalue weighted by atomic mass is 10.0. The van der Waals surface area contributed by atoms with Crippen molar-refractivity contribution in [2.45, 2.75) is 244 Å². The molecule has 0 fully saturated rings. The van der Waals surface area contributed by atoms with Crippen LogP contribution in [-0.4, -0.2) is 53.1 Å². The van der Waals surface area contributed by atoms with Gasteiger partial charge in [-0.05, 0) is 32.1 Å². The lowest BCUT2D eigenvalue weighted by Crippen LogP contribution is -2.50. The van der Waals surface area contributed by atoms with E-state index in [0.29, 0.717) is 12.8 Å². The Labute approximate surface area is 322 Å². The Morgan fingerprint density at radius 1 is 0.519 bits per heavy atom. The van der Waals surface area contributed by atoms with Crippen molar-refractivity contribution in [3.8, 4) is 0 Å². The van der Waals surface area contributed by atoms with Gasteiger partial charge in [-0.1, -0.05) is 218 Å². The number of carbonyl (C=O) groups is 1. The van der Waals surface area contributed by atoms with Crippen LogP contribution < -0.4 is 5.32 Å². The molecule has 7 nitrogen and oxygen atoms in total. The van der Waals surface area contributed by atoms with Crippen molar-refractivity contribution < 1.29 is 28.0 Å². The Bertz CT molecular complexity index is 937. The molecule has 308 valence electrons. The third-order valence-electron chi connectivity index (χ3n) is 10.2. The third kappa shape index (κ3) is 37.1. The molecule has 8 heteroatoms. The quantitative estimate of drug-likeness (QED) is 0.0280. The maximum Gasteiger partial charge on any atom is 0.267 e. The molecule has 0 aliphatic carbocycles. The Balaban J connectivity index is 4.01. The minimum Gasteiger partial charge on any atom is -0.387 e. The van der Waals surface area contributed by atoms with Crippen LogP contribution in [0.2, 0.25) is 0 Å². The number of hydrogen-bond donors (Lipinski definition) is 4. The second-order valence-electron chi connectivity index (χ2n) is 15.5. The van der Waals surface area contributed by atoms with Crippen molar-refractivity contribution in [2.75, 3.05) is 5.75 Å². The van der Waals surface area contributed by atoms with Crippen LogP contribution in [0.4, 0.5) is 0 Å². The lowest BCUT2D eigenvalue weighted by molar-refractivity contribution is -0.130. The standard InChI is InChI=1S/C44H85NO6S/c1-3-5-7-9-11-13-15-17-19-21-23-25-27-29-31-33-35-37-39-43(47)44(48)45-41(40-52(49,50)51)42(46)38-36-34-32-30-28-26-24-22-20-18-16-14-12-10-8-6-4-2/h28,30,36,38,41-43,46-47H,3-27,29,31-35,37,39-40H2,1-2H3,(H,45,48)(H,49,50,51)/b30-28+,38-36+. The van der Waals surface area contributed by atoms with Gasteiger partial charge in [-0.2, -0.15) is 8.42 Å². The average Bonchev–Trinajstić information content (AvgIpc) is 3.11. The van der Waals surface area contributed by atoms with E-state index in [1.165, 1.54) is 167 Å². The fourth-order valence-electron chi connectivity index (χ4n) is 6.83. The molecule has 52 heavy (non-hydrogen) atoms. The highest BCUT2D eigenvalue weighted by atomic mass is 32.2. The van der Waals surface area contributed by atoms with Crippen LogP contribution in [0.3, 0.4) is 0 Å². The number of nitrogens with one attached hydrogen (secondary N) is 1. The van der Waals surface area contributed by atoms with Gasteiger partial charge < -0.3 is 15.5 Å². The average molecular weight is 756 g/mol. The molecule has 0 rings (SSSR count). The molecule has 0 spiro atoms. The molecule has 0 aromatic rings. The molecule has 0 saturated heterocycles. The highest BCUT2D eigenvalue weighted by Gasteiger charge is 2.27. The van der Waals surface area contributed by atoms with Crippen LogP contribution in [0.25, 0.3) is 0 Å². The van der Waals surface area contributed by atoms with Crippen LogP contribution in [-0.2, 0) is 14.9 Å². The van der Waals surface area contributed by atoms with Crippen LogP contribution in [0.1, 0.15) is 226 Å². The van der Waals surface area contributed by atoms with E-state index in [1.54, 1.807) is 6.08 Å². The molecule has 0 aromatic heterocycles. The van der Waals surface area contributed by atoms with Gasteiger partial charge in [-0.25, -0.2) is 0 Å². The SMILES string of the molecule is CCCCCCCCCCCCC/C=C/CC/C=C/C(O)C(CS(=O)(=O)O)NC(=O)C(O)CCCCCCCCCCCCCCCCCCCC. The van der Waals surface area contributed by atoms with Gasteiger partial charge in [0.1, 0.15) is 6.10 Å². The maximum absolute atomic E-state index is 12.6. The first-order chi connectivity index (χ1) is 25.2. The van der Waals surface area contributed by atoms with Crippen molar-refractivity contribution in [2.24, 2.45) is 0 Å². The van der Waals surface area contributed by atoms with E-state index in [1.807, 2.05) is 0 Å². The summed E-state index contributed by atoms with van der Waals surface area (Å²) in [5, 5.41) is 23.4. The van der Waals surface area contributed by atoms with E-state index in [9.17, 15) is 28.0 Å². The first-order valence-corrected chi connectivity index (χ1v) is 23.8. The van der Waals surface area contributed by atoms with Gasteiger partial charge >= 0.3 is 0 Å². The van der Waals surface area contributed by atoms with Crippen LogP contribution in [0, 0.1) is 0 Å². The van der Waals surface area contributed by atoms with Gasteiger partial charge in [-0.3, -0.25) is 9.35 Å². The zero-order chi connectivity index (χ0) is 38.4. The summed E-state index contributed by atoms with van der Waals surface area (Å²) in [6.45, 7) is 4.52. The summed E-state index contributed by atoms with van der Waals surface area (Å²) in [7, 11) is -4.45. The number of aliphatic hydroxyl groups is 2. The first-order valence-electron chi connectivity index (χ1n) is 22.1. The molecule has 4 N–H and O–H groups in total. The number of carbonyl (C=O) groups excluding carboxylic acids is 1. The van der Waals surface area contributed by atoms with Gasteiger partial charge in [-0.15, -0.1) is 0 Å². The Kier molecular flexibility index (Phi) is 37.2. The highest BCUT2D eigenvalue weighted by Crippen LogP contribution is 2.16. The summed E-state index contributed by atoms with van der Waals surface area (Å²) in [5.41, 5.74) is 0. The van der Waals surface area contributed by atoms with Gasteiger partial charge in [0.2, 0.25) is 5.91 Å². The van der Waals surface area contributed by atoms with E-state index < -0.39 is 40.0 Å². The van der Waals surface area contributed by atoms with Crippen molar-refractivity contribution in [3.63, 3.8) is 0 Å². The van der Waals surface area contributed by atoms with Crippen molar-refractivity contribution in [1.29, 1.82) is 0 Å². The number of hydrogen-bond acceptors (Lipinski definition) is 5. The van der Waals surface area contributed by atoms with E-state index >= 15 is 0 Å². The molecule has 0 bridgehead atoms. The largest absolute Gasteiger partial charge is 0.387 e. The second kappa shape index (κ2) is 38.1. The summed E-state index contributed by atoms with van der Waals surface area (Å²) in [6, 6.07) is -1.25. The number of amides is 1. The fourth-order valence-corrected chi connectivity index (χ4v) is 7.56. The highest BCUT2D eigenvalue weighted by molar-refractivity contribution is 7.85. The smallest absolute Gasteiger partial charge is 0.267 e. The van der Waals surface area contributed by atoms with Crippen molar-refractivity contribution in [3.05, 3.63) is 24.3 Å². The number of rotatable bonds is 40. The van der Waals surface area contributed by atoms with Crippen LogP contribution >= 0.6 is 0 Å². The molecule has 0 saturated carbocycles. The van der Waals surface area contributed by atoms with E-state index in [2.05, 4.69) is 31.3 Å². The minimum absolute atomic E-state index is 0.278. The van der Waals surface area contributed by atoms with Gasteiger partial charge in [0.15, 0.2) is 0 Å². The van der Waals surface area contributed by atoms with Crippen molar-refractivity contribution >= 4 is 16.0 Å². The van der Waals surface area contributed by atoms with Crippen LogP contribution in [0.5, 0.6) is 0 Å². The Morgan fingerprint density at radius 3 is 1.27 bits per heavy atom. The molecule has 0 aromatic carbocycles. The normalized spacial score (nSPS) is 14.0. The first kappa shape index (κ1) is 50.8. The number of allylic oxidation sites excluding steroid dienone is 3. The Hall–Kier alpha value is -1.22. The lowest BCUT2D eigenvalue weighted by Gasteiger charge is -2.22. The molecule has 0 heterocycles. The zero-order valence-corrected chi connectivity index (χ0v) is 34.9. The van der Waals surface area contributed by atoms with Gasteiger partial charge in [0, 0.05) is 0 Å². The number of unbranched alkanes of at least 4 members (excludes halogenated alkanes) is 29. The van der Waals surface area contributed by atoms with Crippen molar-refractivity contribution in [1.82, 2.24) is 5.32 Å². The van der Waals surface area contributed by atoms with E-state index in [-0.39, 0.29) is 6.42 Å². The summed E-state index contributed by atoms with van der Waals surface area (Å²) in [4.78, 5) is 12.6. The molecule has 1 amide bonds. The maximum atomic E-state index is 12.6. The minimum atomic E-state index is -4.45. The van der Waals surface area contributed by atoms with E-state index in [4.69, 9.17) is 0 Å². The second-order valence-corrected chi connectivity index (χ2v) is 17.0. The Morgan fingerprint density at radius 2 is 0.865 bits per heavy atom. The molecular weight excluding hydrogens is 671 g/mol. The molecule has 0 radical (unpaired) electrons. The number of aliphatic hydroxyl groups excluding tert-OH is 2. The molecule has 3 atom stereocenters. The summed E-state index contributed by atoms with van der Waals surface area (Å²) in [6.07, 6.45) is 45.2. The summed E-state index contributed by atoms with van der Waals surface area (Å²) < 4.78 is 32.6. The predicted molar refractivity (Wildman–Crippen MR) is 222 cm³/mol. The third-order valence-corrected chi connectivity index (χ3v) is 11.0. The molecule has 3 unspecified atom stereocenters. The monoisotopic (exact) mass is 756 g/mol. The molecule has 0 aliphatic rings.